The lowest BCUT2D eigenvalue weighted by atomic mass is 9.97. The molecule has 1 aromatic heterocycles. The van der Waals surface area contributed by atoms with Crippen molar-refractivity contribution < 1.29 is 9.32 Å². The molecule has 0 bridgehead atoms. The second kappa shape index (κ2) is 4.49. The zero-order chi connectivity index (χ0) is 11.4. The van der Waals surface area contributed by atoms with Crippen LogP contribution < -0.4 is 0 Å². The number of hydrogen-bond donors (Lipinski definition) is 0. The van der Waals surface area contributed by atoms with Crippen molar-refractivity contribution in [3.63, 3.8) is 0 Å². The van der Waals surface area contributed by atoms with Gasteiger partial charge in [-0.3, -0.25) is 0 Å². The average Bonchev–Trinajstić information content (AvgIpc) is 2.84. The fourth-order valence-corrected chi connectivity index (χ4v) is 1.76. The molecule has 0 aliphatic carbocycles. The molecule has 0 N–H and O–H groups in total. The number of carbonyl (C=O) groups is 1. The Kier molecular flexibility index (Phi) is 3.06. The number of benzene rings is 1. The molecule has 0 aliphatic heterocycles. The predicted molar refractivity (Wildman–Crippen MR) is 60.2 cm³/mol. The number of aldehydes is 1. The molecular weight excluding hydrogens is 226 g/mol. The number of halogens is 1. The van der Waals surface area contributed by atoms with Crippen molar-refractivity contribution in [1.29, 1.82) is 0 Å². The maximum Gasteiger partial charge on any atom is 0.149 e. The molecule has 2 aromatic rings. The number of rotatable bonds is 4. The summed E-state index contributed by atoms with van der Waals surface area (Å²) in [7, 11) is 0. The van der Waals surface area contributed by atoms with Crippen LogP contribution in [-0.4, -0.2) is 11.4 Å². The number of aromatic nitrogens is 1. The molecule has 0 spiro atoms. The third-order valence-electron chi connectivity index (χ3n) is 2.35. The molecule has 1 heterocycles. The first-order chi connectivity index (χ1) is 7.74. The third kappa shape index (κ3) is 2.14. The van der Waals surface area contributed by atoms with E-state index in [-0.39, 0.29) is 0 Å². The molecule has 1 atom stereocenters. The first kappa shape index (κ1) is 10.9. The summed E-state index contributed by atoms with van der Waals surface area (Å²) in [4.78, 5) is 9.97. The van der Waals surface area contributed by atoms with Crippen molar-refractivity contribution in [1.82, 2.24) is 5.16 Å². The molecule has 0 saturated carbocycles. The quantitative estimate of drug-likeness (QED) is 0.604. The molecule has 82 valence electrons. The largest absolute Gasteiger partial charge is 0.364 e. The van der Waals surface area contributed by atoms with Gasteiger partial charge in [0, 0.05) is 12.5 Å². The summed E-state index contributed by atoms with van der Waals surface area (Å²) in [6, 6.07) is 11.2. The first-order valence-corrected chi connectivity index (χ1v) is 5.22. The molecule has 1 unspecified atom stereocenters. The van der Waals surface area contributed by atoms with Gasteiger partial charge in [-0.05, 0) is 5.56 Å². The lowest BCUT2D eigenvalue weighted by Crippen LogP contribution is -2.24. The van der Waals surface area contributed by atoms with Gasteiger partial charge in [-0.2, -0.15) is 0 Å². The van der Waals surface area contributed by atoms with Gasteiger partial charge in [-0.25, -0.2) is 0 Å². The summed E-state index contributed by atoms with van der Waals surface area (Å²) in [6.45, 7) is 0. The molecule has 0 fully saturated rings. The van der Waals surface area contributed by atoms with E-state index in [1.807, 2.05) is 30.3 Å². The van der Waals surface area contributed by atoms with Gasteiger partial charge in [-0.1, -0.05) is 35.5 Å². The fourth-order valence-electron chi connectivity index (χ4n) is 1.51. The van der Waals surface area contributed by atoms with E-state index in [1.165, 1.54) is 6.26 Å². The van der Waals surface area contributed by atoms with Gasteiger partial charge in [0.2, 0.25) is 0 Å². The molecule has 0 amide bonds. The standard InChI is InChI=1S/C12H10ClNO2/c13-12(9-15,11-6-7-16-14-11)8-10-4-2-1-3-5-10/h1-7,9H,8H2. The van der Waals surface area contributed by atoms with Gasteiger partial charge in [0.1, 0.15) is 23.1 Å². The lowest BCUT2D eigenvalue weighted by Gasteiger charge is -2.17. The van der Waals surface area contributed by atoms with Gasteiger partial charge >= 0.3 is 0 Å². The van der Waals surface area contributed by atoms with Gasteiger partial charge in [0.25, 0.3) is 0 Å². The maximum atomic E-state index is 11.1. The summed E-state index contributed by atoms with van der Waals surface area (Å²) < 4.78 is 4.71. The van der Waals surface area contributed by atoms with E-state index in [0.29, 0.717) is 18.4 Å². The molecule has 1 aromatic carbocycles. The molecule has 3 nitrogen and oxygen atoms in total. The van der Waals surface area contributed by atoms with Crippen LogP contribution in [-0.2, 0) is 16.1 Å². The minimum Gasteiger partial charge on any atom is -0.364 e. The van der Waals surface area contributed by atoms with E-state index in [1.54, 1.807) is 6.07 Å². The Labute approximate surface area is 98.0 Å². The van der Waals surface area contributed by atoms with Crippen molar-refractivity contribution in [2.75, 3.05) is 0 Å². The molecular formula is C12H10ClNO2. The summed E-state index contributed by atoms with van der Waals surface area (Å²) in [6.07, 6.45) is 2.49. The third-order valence-corrected chi connectivity index (χ3v) is 2.77. The van der Waals surface area contributed by atoms with Gasteiger partial charge in [0.15, 0.2) is 0 Å². The van der Waals surface area contributed by atoms with E-state index < -0.39 is 4.87 Å². The Bertz CT molecular complexity index is 455. The Morgan fingerprint density at radius 3 is 2.62 bits per heavy atom. The second-order valence-corrected chi connectivity index (χ2v) is 4.20. The Hall–Kier alpha value is -1.61. The molecule has 4 heteroatoms. The van der Waals surface area contributed by atoms with Gasteiger partial charge in [0.05, 0.1) is 0 Å². The number of alkyl halides is 1. The summed E-state index contributed by atoms with van der Waals surface area (Å²) in [5.74, 6) is 0. The lowest BCUT2D eigenvalue weighted by molar-refractivity contribution is -0.110. The van der Waals surface area contributed by atoms with Crippen LogP contribution in [0.25, 0.3) is 0 Å². The zero-order valence-electron chi connectivity index (χ0n) is 8.47. The van der Waals surface area contributed by atoms with Crippen LogP contribution in [0.3, 0.4) is 0 Å². The van der Waals surface area contributed by atoms with Crippen LogP contribution in [0.1, 0.15) is 11.3 Å². The second-order valence-electron chi connectivity index (χ2n) is 3.53. The van der Waals surface area contributed by atoms with Crippen LogP contribution in [0.4, 0.5) is 0 Å². The topological polar surface area (TPSA) is 43.1 Å². The fraction of sp³-hybridized carbons (Fsp3) is 0.167. The first-order valence-electron chi connectivity index (χ1n) is 4.85. The Morgan fingerprint density at radius 1 is 1.31 bits per heavy atom. The Morgan fingerprint density at radius 2 is 2.06 bits per heavy atom. The molecule has 0 aliphatic rings. The van der Waals surface area contributed by atoms with E-state index in [0.717, 1.165) is 5.56 Å². The van der Waals surface area contributed by atoms with E-state index >= 15 is 0 Å². The van der Waals surface area contributed by atoms with E-state index in [9.17, 15) is 4.79 Å². The van der Waals surface area contributed by atoms with Crippen molar-refractivity contribution in [3.8, 4) is 0 Å². The number of nitrogens with zero attached hydrogens (tertiary/aromatic N) is 1. The van der Waals surface area contributed by atoms with Crippen molar-refractivity contribution >= 4 is 17.9 Å². The highest BCUT2D eigenvalue weighted by molar-refractivity contribution is 6.31. The minimum absolute atomic E-state index is 0.394. The molecule has 2 rings (SSSR count). The summed E-state index contributed by atoms with van der Waals surface area (Å²) in [5.41, 5.74) is 1.42. The van der Waals surface area contributed by atoms with Crippen LogP contribution in [0.2, 0.25) is 0 Å². The smallest absolute Gasteiger partial charge is 0.149 e. The molecule has 0 radical (unpaired) electrons. The van der Waals surface area contributed by atoms with Crippen molar-refractivity contribution in [2.24, 2.45) is 0 Å². The monoisotopic (exact) mass is 235 g/mol. The van der Waals surface area contributed by atoms with E-state index in [4.69, 9.17) is 16.1 Å². The average molecular weight is 236 g/mol. The molecule has 16 heavy (non-hydrogen) atoms. The zero-order valence-corrected chi connectivity index (χ0v) is 9.22. The van der Waals surface area contributed by atoms with Crippen LogP contribution >= 0.6 is 11.6 Å². The Balaban J connectivity index is 2.27. The molecule has 0 saturated heterocycles. The maximum absolute atomic E-state index is 11.1. The number of carbonyl (C=O) groups excluding carboxylic acids is 1. The van der Waals surface area contributed by atoms with Crippen LogP contribution in [0.5, 0.6) is 0 Å². The van der Waals surface area contributed by atoms with E-state index in [2.05, 4.69) is 5.16 Å². The van der Waals surface area contributed by atoms with Gasteiger partial charge < -0.3 is 9.32 Å². The highest BCUT2D eigenvalue weighted by atomic mass is 35.5. The normalized spacial score (nSPS) is 14.3. The van der Waals surface area contributed by atoms with Crippen LogP contribution in [0.15, 0.2) is 47.2 Å². The minimum atomic E-state index is -1.14. The predicted octanol–water partition coefficient (Wildman–Crippen LogP) is 2.55. The van der Waals surface area contributed by atoms with Crippen molar-refractivity contribution in [2.45, 2.75) is 11.3 Å². The summed E-state index contributed by atoms with van der Waals surface area (Å²) in [5, 5.41) is 3.72. The van der Waals surface area contributed by atoms with Crippen LogP contribution in [0, 0.1) is 0 Å². The highest BCUT2D eigenvalue weighted by Crippen LogP contribution is 2.29. The SMILES string of the molecule is O=CC(Cl)(Cc1ccccc1)c1ccon1. The summed E-state index contributed by atoms with van der Waals surface area (Å²) >= 11 is 6.23. The van der Waals surface area contributed by atoms with Gasteiger partial charge in [-0.15, -0.1) is 11.6 Å². The number of hydrogen-bond acceptors (Lipinski definition) is 3. The highest BCUT2D eigenvalue weighted by Gasteiger charge is 2.32. The van der Waals surface area contributed by atoms with Crippen molar-refractivity contribution in [3.05, 3.63) is 53.9 Å².